The summed E-state index contributed by atoms with van der Waals surface area (Å²) in [7, 11) is 0. The number of likely N-dealkylation sites (N-methyl/N-ethyl adjacent to an activating group) is 1. The number of hydrogen-bond acceptors (Lipinski definition) is 4. The summed E-state index contributed by atoms with van der Waals surface area (Å²) in [6.07, 6.45) is 17.6. The third kappa shape index (κ3) is 11.9. The number of hydrogen-bond donors (Lipinski definition) is 2. The van der Waals surface area contributed by atoms with Crippen molar-refractivity contribution >= 4 is 17.8 Å². The Labute approximate surface area is 230 Å². The normalized spacial score (nSPS) is 12.6. The van der Waals surface area contributed by atoms with Gasteiger partial charge in [-0.15, -0.1) is 0 Å². The zero-order valence-corrected chi connectivity index (χ0v) is 24.0. The van der Waals surface area contributed by atoms with E-state index in [-0.39, 0.29) is 13.0 Å². The van der Waals surface area contributed by atoms with E-state index in [0.717, 1.165) is 17.7 Å². The number of aliphatic carboxylic acids is 2. The molecule has 0 aromatic heterocycles. The average Bonchev–Trinajstić information content (AvgIpc) is 2.90. The van der Waals surface area contributed by atoms with Gasteiger partial charge in [-0.3, -0.25) is 9.59 Å². The van der Waals surface area contributed by atoms with Gasteiger partial charge in [-0.1, -0.05) is 97.3 Å². The Morgan fingerprint density at radius 3 is 1.61 bits per heavy atom. The van der Waals surface area contributed by atoms with Crippen LogP contribution in [0.3, 0.4) is 0 Å². The molecule has 1 atom stereocenters. The number of amides is 1. The largest absolute Gasteiger partial charge is 0.494 e. The molecule has 7 heteroatoms. The fraction of sp³-hybridized carbons (Fsp3) is 0.710. The van der Waals surface area contributed by atoms with Gasteiger partial charge < -0.3 is 19.8 Å². The topological polar surface area (TPSA) is 104 Å². The molecule has 1 amide bonds. The molecule has 0 bridgehead atoms. The monoisotopic (exact) mass is 533 g/mol. The van der Waals surface area contributed by atoms with Gasteiger partial charge in [-0.05, 0) is 44.0 Å². The SMILES string of the molecule is CCCCCCCCCCCCCCCCOc1ccc(C(=O)N(CC)[C@@](CC)(CC(=O)O)C(=O)O)cc1. The molecule has 0 unspecified atom stereocenters. The first-order valence-electron chi connectivity index (χ1n) is 14.8. The van der Waals surface area contributed by atoms with E-state index in [0.29, 0.717) is 17.9 Å². The van der Waals surface area contributed by atoms with E-state index in [1.807, 2.05) is 0 Å². The predicted octanol–water partition coefficient (Wildman–Crippen LogP) is 7.72. The summed E-state index contributed by atoms with van der Waals surface area (Å²) in [5.41, 5.74) is -1.49. The van der Waals surface area contributed by atoms with Crippen LogP contribution in [0, 0.1) is 0 Å². The third-order valence-corrected chi connectivity index (χ3v) is 7.37. The van der Waals surface area contributed by atoms with Crippen LogP contribution in [0.4, 0.5) is 0 Å². The molecule has 0 aliphatic heterocycles. The Morgan fingerprint density at radius 1 is 0.737 bits per heavy atom. The quantitative estimate of drug-likeness (QED) is 0.140. The average molecular weight is 534 g/mol. The Hall–Kier alpha value is -2.57. The molecular weight excluding hydrogens is 482 g/mol. The molecule has 1 aromatic rings. The van der Waals surface area contributed by atoms with E-state index in [1.165, 1.54) is 77.0 Å². The zero-order valence-electron chi connectivity index (χ0n) is 24.0. The molecule has 38 heavy (non-hydrogen) atoms. The van der Waals surface area contributed by atoms with E-state index >= 15 is 0 Å². The second-order valence-corrected chi connectivity index (χ2v) is 10.3. The molecule has 0 fully saturated rings. The highest BCUT2D eigenvalue weighted by Gasteiger charge is 2.46. The van der Waals surface area contributed by atoms with Gasteiger partial charge in [0, 0.05) is 12.1 Å². The van der Waals surface area contributed by atoms with E-state index in [4.69, 9.17) is 4.74 Å². The van der Waals surface area contributed by atoms with Gasteiger partial charge in [0.2, 0.25) is 0 Å². The maximum atomic E-state index is 13.1. The summed E-state index contributed by atoms with van der Waals surface area (Å²) < 4.78 is 5.82. The molecule has 216 valence electrons. The van der Waals surface area contributed by atoms with Gasteiger partial charge in [-0.25, -0.2) is 4.79 Å². The van der Waals surface area contributed by atoms with Gasteiger partial charge in [0.05, 0.1) is 13.0 Å². The minimum Gasteiger partial charge on any atom is -0.494 e. The number of rotatable bonds is 23. The highest BCUT2D eigenvalue weighted by Crippen LogP contribution is 2.27. The van der Waals surface area contributed by atoms with Crippen molar-refractivity contribution < 1.29 is 29.3 Å². The molecule has 7 nitrogen and oxygen atoms in total. The first-order valence-corrected chi connectivity index (χ1v) is 14.8. The van der Waals surface area contributed by atoms with Crippen LogP contribution in [-0.4, -0.2) is 51.6 Å². The number of carbonyl (C=O) groups excluding carboxylic acids is 1. The van der Waals surface area contributed by atoms with Crippen molar-refractivity contribution in [3.8, 4) is 5.75 Å². The number of benzene rings is 1. The Balaban J connectivity index is 2.33. The number of carbonyl (C=O) groups is 3. The summed E-state index contributed by atoms with van der Waals surface area (Å²) >= 11 is 0. The highest BCUT2D eigenvalue weighted by atomic mass is 16.5. The number of carboxylic acids is 2. The Bertz CT molecular complexity index is 809. The maximum absolute atomic E-state index is 13.1. The van der Waals surface area contributed by atoms with Crippen LogP contribution in [0.15, 0.2) is 24.3 Å². The second kappa shape index (κ2) is 19.5. The smallest absolute Gasteiger partial charge is 0.330 e. The van der Waals surface area contributed by atoms with Crippen LogP contribution in [0.1, 0.15) is 134 Å². The summed E-state index contributed by atoms with van der Waals surface area (Å²) in [5.74, 6) is -2.42. The number of unbranched alkanes of at least 4 members (excludes halogenated alkanes) is 13. The van der Waals surface area contributed by atoms with Crippen molar-refractivity contribution in [2.24, 2.45) is 0 Å². The van der Waals surface area contributed by atoms with Crippen molar-refractivity contribution in [1.82, 2.24) is 4.90 Å². The summed E-state index contributed by atoms with van der Waals surface area (Å²) in [5, 5.41) is 19.1. The van der Waals surface area contributed by atoms with Gasteiger partial charge in [-0.2, -0.15) is 0 Å². The van der Waals surface area contributed by atoms with E-state index in [9.17, 15) is 24.6 Å². The van der Waals surface area contributed by atoms with E-state index in [1.54, 1.807) is 38.1 Å². The van der Waals surface area contributed by atoms with Crippen LogP contribution >= 0.6 is 0 Å². The minimum atomic E-state index is -1.79. The van der Waals surface area contributed by atoms with Crippen molar-refractivity contribution in [2.45, 2.75) is 129 Å². The Morgan fingerprint density at radius 2 is 1.21 bits per heavy atom. The lowest BCUT2D eigenvalue weighted by molar-refractivity contribution is -0.156. The molecule has 2 N–H and O–H groups in total. The van der Waals surface area contributed by atoms with Crippen LogP contribution in [0.5, 0.6) is 5.75 Å². The van der Waals surface area contributed by atoms with Crippen LogP contribution in [0.2, 0.25) is 0 Å². The summed E-state index contributed by atoms with van der Waals surface area (Å²) in [6.45, 7) is 6.20. The molecule has 1 aromatic carbocycles. The molecule has 0 aliphatic carbocycles. The lowest BCUT2D eigenvalue weighted by Gasteiger charge is -2.38. The van der Waals surface area contributed by atoms with Crippen molar-refractivity contribution in [1.29, 1.82) is 0 Å². The first kappa shape index (κ1) is 33.5. The summed E-state index contributed by atoms with van der Waals surface area (Å²) in [4.78, 5) is 37.6. The molecule has 0 spiro atoms. The van der Waals surface area contributed by atoms with Crippen LogP contribution in [0.25, 0.3) is 0 Å². The second-order valence-electron chi connectivity index (χ2n) is 10.3. The van der Waals surface area contributed by atoms with Gasteiger partial charge in [0.15, 0.2) is 5.54 Å². The van der Waals surface area contributed by atoms with Crippen molar-refractivity contribution in [3.05, 3.63) is 29.8 Å². The predicted molar refractivity (Wildman–Crippen MR) is 152 cm³/mol. The first-order chi connectivity index (χ1) is 18.3. The molecule has 0 saturated heterocycles. The maximum Gasteiger partial charge on any atom is 0.330 e. The summed E-state index contributed by atoms with van der Waals surface area (Å²) in [6, 6.07) is 6.62. The standard InChI is InChI=1S/C31H51NO6/c1-4-7-8-9-10-11-12-13-14-15-16-17-18-19-24-38-27-22-20-26(21-23-27)29(35)32(6-3)31(5-2,30(36)37)25-28(33)34/h20-23H,4-19,24-25H2,1-3H3,(H,33,34)(H,36,37)/t31-/m0/s1. The third-order valence-electron chi connectivity index (χ3n) is 7.37. The van der Waals surface area contributed by atoms with Crippen molar-refractivity contribution in [2.75, 3.05) is 13.2 Å². The number of carboxylic acid groups (broad SMARTS) is 2. The highest BCUT2D eigenvalue weighted by molar-refractivity contribution is 5.99. The molecule has 1 rings (SSSR count). The number of ether oxygens (including phenoxy) is 1. The van der Waals surface area contributed by atoms with Crippen LogP contribution in [-0.2, 0) is 9.59 Å². The fourth-order valence-corrected chi connectivity index (χ4v) is 4.98. The van der Waals surface area contributed by atoms with E-state index < -0.39 is 29.8 Å². The van der Waals surface area contributed by atoms with Crippen molar-refractivity contribution in [3.63, 3.8) is 0 Å². The van der Waals surface area contributed by atoms with Gasteiger partial charge in [0.1, 0.15) is 5.75 Å². The molecule has 0 radical (unpaired) electrons. The molecular formula is C31H51NO6. The minimum absolute atomic E-state index is 0.00536. The van der Waals surface area contributed by atoms with Crippen LogP contribution < -0.4 is 4.74 Å². The molecule has 0 saturated carbocycles. The fourth-order valence-electron chi connectivity index (χ4n) is 4.98. The van der Waals surface area contributed by atoms with Gasteiger partial charge in [0.25, 0.3) is 5.91 Å². The zero-order chi connectivity index (χ0) is 28.2. The van der Waals surface area contributed by atoms with E-state index in [2.05, 4.69) is 6.92 Å². The Kier molecular flexibility index (Phi) is 17.2. The number of nitrogens with zero attached hydrogens (tertiary/aromatic N) is 1. The lowest BCUT2D eigenvalue weighted by Crippen LogP contribution is -2.57. The van der Waals surface area contributed by atoms with Gasteiger partial charge >= 0.3 is 11.9 Å². The lowest BCUT2D eigenvalue weighted by atomic mass is 9.89. The molecule has 0 aliphatic rings. The molecule has 0 heterocycles.